The fraction of sp³-hybridized carbons (Fsp3) is 0.579. The quantitative estimate of drug-likeness (QED) is 0.226. The van der Waals surface area contributed by atoms with Crippen molar-refractivity contribution in [3.8, 4) is 5.75 Å². The molecule has 1 heterocycles. The molecule has 1 saturated heterocycles. The maximum atomic E-state index is 11.8. The van der Waals surface area contributed by atoms with E-state index < -0.39 is 0 Å². The lowest BCUT2D eigenvalue weighted by Gasteiger charge is -2.21. The van der Waals surface area contributed by atoms with E-state index in [4.69, 9.17) is 9.47 Å². The van der Waals surface area contributed by atoms with Crippen molar-refractivity contribution in [2.45, 2.75) is 20.3 Å². The van der Waals surface area contributed by atoms with Crippen LogP contribution in [-0.4, -0.2) is 57.2 Å². The highest BCUT2D eigenvalue weighted by Gasteiger charge is 2.36. The molecule has 6 nitrogen and oxygen atoms in total. The summed E-state index contributed by atoms with van der Waals surface area (Å²) in [6.45, 7) is 6.99. The molecule has 2 rings (SSSR count). The van der Waals surface area contributed by atoms with Gasteiger partial charge in [-0.3, -0.25) is 9.79 Å². The standard InChI is InChI=1S/C19H29N3O3.HI/c1-14-8-5-6-9-17(14)25-11-7-10-21-19(20-3)22-12-15(2)16(13-22)18(23)24-4;/h5-6,8-9,15-16H,7,10-13H2,1-4H3,(H,20,21);1H. The number of methoxy groups -OCH3 is 1. The maximum absolute atomic E-state index is 11.8. The summed E-state index contributed by atoms with van der Waals surface area (Å²) in [5.41, 5.74) is 1.14. The van der Waals surface area contributed by atoms with Gasteiger partial charge in [0.25, 0.3) is 0 Å². The molecule has 0 aromatic heterocycles. The Morgan fingerprint density at radius 3 is 2.73 bits per heavy atom. The third-order valence-corrected chi connectivity index (χ3v) is 4.58. The Morgan fingerprint density at radius 1 is 1.35 bits per heavy atom. The number of aliphatic imine (C=N–C) groups is 1. The van der Waals surface area contributed by atoms with Crippen LogP contribution in [0.4, 0.5) is 0 Å². The highest BCUT2D eigenvalue weighted by molar-refractivity contribution is 14.0. The van der Waals surface area contributed by atoms with Gasteiger partial charge in [-0.25, -0.2) is 0 Å². The zero-order valence-electron chi connectivity index (χ0n) is 16.0. The number of carbonyl (C=O) groups is 1. The van der Waals surface area contributed by atoms with Crippen LogP contribution in [0.25, 0.3) is 0 Å². The van der Waals surface area contributed by atoms with Crippen LogP contribution < -0.4 is 10.1 Å². The topological polar surface area (TPSA) is 63.2 Å². The number of nitrogens with one attached hydrogen (secondary N) is 1. The van der Waals surface area contributed by atoms with Crippen LogP contribution in [0.2, 0.25) is 0 Å². The summed E-state index contributed by atoms with van der Waals surface area (Å²) in [6, 6.07) is 8.02. The third-order valence-electron chi connectivity index (χ3n) is 4.58. The molecule has 0 spiro atoms. The Bertz CT molecular complexity index is 609. The van der Waals surface area contributed by atoms with Crippen molar-refractivity contribution in [2.75, 3.05) is 40.4 Å². The number of esters is 1. The zero-order valence-corrected chi connectivity index (χ0v) is 18.4. The number of para-hydroxylation sites is 1. The van der Waals surface area contributed by atoms with E-state index in [1.807, 2.05) is 31.2 Å². The smallest absolute Gasteiger partial charge is 0.310 e. The number of hydrogen-bond acceptors (Lipinski definition) is 4. The first-order valence-corrected chi connectivity index (χ1v) is 8.78. The van der Waals surface area contributed by atoms with Gasteiger partial charge in [-0.2, -0.15) is 0 Å². The maximum Gasteiger partial charge on any atom is 0.310 e. The lowest BCUT2D eigenvalue weighted by Crippen LogP contribution is -2.41. The first-order valence-electron chi connectivity index (χ1n) is 8.78. The Hall–Kier alpha value is -1.51. The number of guanidine groups is 1. The van der Waals surface area contributed by atoms with Gasteiger partial charge in [0.2, 0.25) is 0 Å². The van der Waals surface area contributed by atoms with Crippen molar-refractivity contribution in [1.29, 1.82) is 0 Å². The minimum atomic E-state index is -0.142. The Balaban J connectivity index is 0.00000338. The Labute approximate surface area is 173 Å². The van der Waals surface area contributed by atoms with Crippen LogP contribution in [0.3, 0.4) is 0 Å². The van der Waals surface area contributed by atoms with E-state index in [0.717, 1.165) is 36.8 Å². The van der Waals surface area contributed by atoms with Gasteiger partial charge in [0.15, 0.2) is 5.96 Å². The number of ether oxygens (including phenoxy) is 2. The number of rotatable bonds is 6. The molecule has 0 amide bonds. The van der Waals surface area contributed by atoms with Crippen molar-refractivity contribution in [1.82, 2.24) is 10.2 Å². The average molecular weight is 475 g/mol. The number of nitrogens with zero attached hydrogens (tertiary/aromatic N) is 2. The third kappa shape index (κ3) is 6.03. The summed E-state index contributed by atoms with van der Waals surface area (Å²) in [4.78, 5) is 18.3. The Morgan fingerprint density at radius 2 is 2.08 bits per heavy atom. The molecule has 2 unspecified atom stereocenters. The van der Waals surface area contributed by atoms with E-state index in [9.17, 15) is 4.79 Å². The molecule has 0 bridgehead atoms. The molecule has 1 aliphatic rings. The Kier molecular flexibility index (Phi) is 9.75. The summed E-state index contributed by atoms with van der Waals surface area (Å²) in [5.74, 6) is 1.79. The number of hydrogen-bond donors (Lipinski definition) is 1. The van der Waals surface area contributed by atoms with Crippen LogP contribution in [0.5, 0.6) is 5.75 Å². The van der Waals surface area contributed by atoms with Gasteiger partial charge < -0.3 is 19.7 Å². The number of likely N-dealkylation sites (tertiary alicyclic amines) is 1. The highest BCUT2D eigenvalue weighted by Crippen LogP contribution is 2.24. The van der Waals surface area contributed by atoms with Crippen molar-refractivity contribution < 1.29 is 14.3 Å². The van der Waals surface area contributed by atoms with Gasteiger partial charge in [-0.15, -0.1) is 24.0 Å². The van der Waals surface area contributed by atoms with Crippen LogP contribution in [0, 0.1) is 18.8 Å². The van der Waals surface area contributed by atoms with E-state index in [-0.39, 0.29) is 41.8 Å². The van der Waals surface area contributed by atoms with Crippen LogP contribution in [0.1, 0.15) is 18.9 Å². The zero-order chi connectivity index (χ0) is 18.2. The van der Waals surface area contributed by atoms with Crippen molar-refractivity contribution in [3.05, 3.63) is 29.8 Å². The fourth-order valence-corrected chi connectivity index (χ4v) is 3.10. The monoisotopic (exact) mass is 475 g/mol. The van der Waals surface area contributed by atoms with Crippen LogP contribution >= 0.6 is 24.0 Å². The molecule has 1 aliphatic heterocycles. The van der Waals surface area contributed by atoms with E-state index in [1.165, 1.54) is 7.11 Å². The molecular weight excluding hydrogens is 445 g/mol. The summed E-state index contributed by atoms with van der Waals surface area (Å²) >= 11 is 0. The predicted molar refractivity (Wildman–Crippen MR) is 114 cm³/mol. The molecule has 0 radical (unpaired) electrons. The number of aryl methyl sites for hydroxylation is 1. The van der Waals surface area contributed by atoms with Gasteiger partial charge in [0.05, 0.1) is 19.6 Å². The molecule has 2 atom stereocenters. The number of carbonyl (C=O) groups excluding carboxylic acids is 1. The summed E-state index contributed by atoms with van der Waals surface area (Å²) in [7, 11) is 3.21. The molecular formula is C19H30IN3O3. The molecule has 1 N–H and O–H groups in total. The molecule has 1 fully saturated rings. The second-order valence-electron chi connectivity index (χ2n) is 6.45. The van der Waals surface area contributed by atoms with Crippen molar-refractivity contribution in [3.63, 3.8) is 0 Å². The number of halogens is 1. The van der Waals surface area contributed by atoms with E-state index in [0.29, 0.717) is 13.2 Å². The van der Waals surface area contributed by atoms with Gasteiger partial charge in [-0.1, -0.05) is 25.1 Å². The molecule has 1 aromatic rings. The van der Waals surface area contributed by atoms with Crippen LogP contribution in [0.15, 0.2) is 29.3 Å². The van der Waals surface area contributed by atoms with Crippen LogP contribution in [-0.2, 0) is 9.53 Å². The number of benzene rings is 1. The van der Waals surface area contributed by atoms with E-state index >= 15 is 0 Å². The normalized spacial score (nSPS) is 19.7. The van der Waals surface area contributed by atoms with Crippen molar-refractivity contribution >= 4 is 35.9 Å². The van der Waals surface area contributed by atoms with E-state index in [1.54, 1.807) is 7.05 Å². The molecule has 0 aliphatic carbocycles. The van der Waals surface area contributed by atoms with Gasteiger partial charge >= 0.3 is 5.97 Å². The minimum absolute atomic E-state index is 0. The molecule has 146 valence electrons. The SMILES string of the molecule is CN=C(NCCCOc1ccccc1C)N1CC(C)C(C(=O)OC)C1.I. The summed E-state index contributed by atoms with van der Waals surface area (Å²) in [6.07, 6.45) is 0.872. The predicted octanol–water partition coefficient (Wildman–Crippen LogP) is 2.70. The average Bonchev–Trinajstić information content (AvgIpc) is 3.00. The second kappa shape index (κ2) is 11.3. The highest BCUT2D eigenvalue weighted by atomic mass is 127. The summed E-state index contributed by atoms with van der Waals surface area (Å²) < 4.78 is 10.7. The van der Waals surface area contributed by atoms with Gasteiger partial charge in [0, 0.05) is 26.7 Å². The van der Waals surface area contributed by atoms with Gasteiger partial charge in [-0.05, 0) is 30.9 Å². The lowest BCUT2D eigenvalue weighted by molar-refractivity contribution is -0.145. The molecule has 0 saturated carbocycles. The van der Waals surface area contributed by atoms with Crippen molar-refractivity contribution in [2.24, 2.45) is 16.8 Å². The first kappa shape index (κ1) is 22.5. The molecule has 7 heteroatoms. The fourth-order valence-electron chi connectivity index (χ4n) is 3.10. The molecule has 26 heavy (non-hydrogen) atoms. The largest absolute Gasteiger partial charge is 0.493 e. The van der Waals surface area contributed by atoms with Gasteiger partial charge in [0.1, 0.15) is 5.75 Å². The molecule has 1 aromatic carbocycles. The lowest BCUT2D eigenvalue weighted by atomic mass is 9.99. The minimum Gasteiger partial charge on any atom is -0.493 e. The van der Waals surface area contributed by atoms with E-state index in [2.05, 4.69) is 22.1 Å². The second-order valence-corrected chi connectivity index (χ2v) is 6.45. The summed E-state index contributed by atoms with van der Waals surface area (Å²) in [5, 5.41) is 3.35. The first-order chi connectivity index (χ1) is 12.1.